The Morgan fingerprint density at radius 3 is 2.33 bits per heavy atom. The largest absolute Gasteiger partial charge is 0.396 e. The number of hydrogen-bond acceptors (Lipinski definition) is 3. The van der Waals surface area contributed by atoms with Gasteiger partial charge in [0.25, 0.3) is 0 Å². The van der Waals surface area contributed by atoms with Gasteiger partial charge in [-0.05, 0) is 18.4 Å². The van der Waals surface area contributed by atoms with Crippen LogP contribution in [0.15, 0.2) is 30.3 Å². The lowest BCUT2D eigenvalue weighted by Crippen LogP contribution is -2.42. The first-order valence-electron chi connectivity index (χ1n) is 7.57. The standard InChI is InChI=1S/C17H23NO3/c1-3-17(4-2,12-19)11-18-15(20)10-14(16(18)21)13-8-6-5-7-9-13/h5-9,14,19H,3-4,10-12H2,1-2H3. The molecule has 2 amide bonds. The van der Waals surface area contributed by atoms with Gasteiger partial charge in [-0.3, -0.25) is 14.5 Å². The van der Waals surface area contributed by atoms with Gasteiger partial charge in [0.15, 0.2) is 0 Å². The summed E-state index contributed by atoms with van der Waals surface area (Å²) in [5.41, 5.74) is 0.512. The van der Waals surface area contributed by atoms with Crippen LogP contribution in [0.1, 0.15) is 44.6 Å². The number of carbonyl (C=O) groups excluding carboxylic acids is 2. The van der Waals surface area contributed by atoms with E-state index in [4.69, 9.17) is 0 Å². The molecule has 0 saturated carbocycles. The molecule has 1 atom stereocenters. The number of nitrogens with zero attached hydrogens (tertiary/aromatic N) is 1. The molecule has 0 radical (unpaired) electrons. The third-order valence-electron chi connectivity index (χ3n) is 4.77. The molecule has 1 aliphatic heterocycles. The first-order chi connectivity index (χ1) is 10.1. The minimum absolute atomic E-state index is 0.00688. The van der Waals surface area contributed by atoms with Gasteiger partial charge in [-0.1, -0.05) is 44.2 Å². The Labute approximate surface area is 125 Å². The number of hydrogen-bond donors (Lipinski definition) is 1. The second-order valence-corrected chi connectivity index (χ2v) is 5.85. The van der Waals surface area contributed by atoms with Crippen LogP contribution < -0.4 is 0 Å². The zero-order valence-corrected chi connectivity index (χ0v) is 12.7. The molecule has 1 fully saturated rings. The highest BCUT2D eigenvalue weighted by atomic mass is 16.3. The Kier molecular flexibility index (Phi) is 4.78. The molecule has 1 heterocycles. The molecule has 1 N–H and O–H groups in total. The molecule has 1 aromatic rings. The molecule has 1 saturated heterocycles. The summed E-state index contributed by atoms with van der Waals surface area (Å²) in [4.78, 5) is 26.1. The van der Waals surface area contributed by atoms with E-state index in [0.29, 0.717) is 6.54 Å². The van der Waals surface area contributed by atoms with Gasteiger partial charge < -0.3 is 5.11 Å². The van der Waals surface area contributed by atoms with Gasteiger partial charge in [-0.15, -0.1) is 0 Å². The van der Waals surface area contributed by atoms with Crippen molar-refractivity contribution in [3.05, 3.63) is 35.9 Å². The molecule has 21 heavy (non-hydrogen) atoms. The normalized spacial score (nSPS) is 19.4. The van der Waals surface area contributed by atoms with Gasteiger partial charge in [0, 0.05) is 18.4 Å². The minimum Gasteiger partial charge on any atom is -0.396 e. The predicted octanol–water partition coefficient (Wildman–Crippen LogP) is 2.33. The average Bonchev–Trinajstić information content (AvgIpc) is 2.81. The van der Waals surface area contributed by atoms with Gasteiger partial charge in [0.2, 0.25) is 11.8 Å². The van der Waals surface area contributed by atoms with E-state index in [1.807, 2.05) is 44.2 Å². The van der Waals surface area contributed by atoms with Crippen molar-refractivity contribution in [3.63, 3.8) is 0 Å². The fourth-order valence-electron chi connectivity index (χ4n) is 2.88. The van der Waals surface area contributed by atoms with Crippen molar-refractivity contribution in [2.75, 3.05) is 13.2 Å². The number of benzene rings is 1. The molecule has 4 nitrogen and oxygen atoms in total. The fourth-order valence-corrected chi connectivity index (χ4v) is 2.88. The summed E-state index contributed by atoms with van der Waals surface area (Å²) >= 11 is 0. The van der Waals surface area contributed by atoms with E-state index in [9.17, 15) is 14.7 Å². The van der Waals surface area contributed by atoms with Crippen molar-refractivity contribution in [2.24, 2.45) is 5.41 Å². The molecule has 0 bridgehead atoms. The van der Waals surface area contributed by atoms with Crippen LogP contribution in [0, 0.1) is 5.41 Å². The van der Waals surface area contributed by atoms with Crippen LogP contribution in [0.2, 0.25) is 0 Å². The lowest BCUT2D eigenvalue weighted by Gasteiger charge is -2.33. The minimum atomic E-state index is -0.378. The van der Waals surface area contributed by atoms with E-state index in [2.05, 4.69) is 0 Å². The highest BCUT2D eigenvalue weighted by Gasteiger charge is 2.42. The van der Waals surface area contributed by atoms with Crippen LogP contribution in [0.3, 0.4) is 0 Å². The molecule has 1 aliphatic rings. The van der Waals surface area contributed by atoms with E-state index >= 15 is 0 Å². The van der Waals surface area contributed by atoms with Crippen molar-refractivity contribution in [1.29, 1.82) is 0 Å². The van der Waals surface area contributed by atoms with E-state index in [1.54, 1.807) is 0 Å². The van der Waals surface area contributed by atoms with Crippen LogP contribution in [-0.2, 0) is 9.59 Å². The molecular formula is C17H23NO3. The van der Waals surface area contributed by atoms with Gasteiger partial charge in [0.05, 0.1) is 12.5 Å². The summed E-state index contributed by atoms with van der Waals surface area (Å²) in [6, 6.07) is 9.43. The highest BCUT2D eigenvalue weighted by Crippen LogP contribution is 2.34. The molecule has 114 valence electrons. The van der Waals surface area contributed by atoms with E-state index < -0.39 is 0 Å². The Morgan fingerprint density at radius 2 is 1.81 bits per heavy atom. The zero-order valence-electron chi connectivity index (χ0n) is 12.7. The van der Waals surface area contributed by atoms with Crippen LogP contribution in [0.5, 0.6) is 0 Å². The maximum Gasteiger partial charge on any atom is 0.237 e. The summed E-state index contributed by atoms with van der Waals surface area (Å²) in [5.74, 6) is -0.636. The van der Waals surface area contributed by atoms with E-state index in [0.717, 1.165) is 18.4 Å². The number of likely N-dealkylation sites (tertiary alicyclic amines) is 1. The van der Waals surface area contributed by atoms with Crippen LogP contribution in [0.4, 0.5) is 0 Å². The van der Waals surface area contributed by atoms with Gasteiger partial charge in [-0.25, -0.2) is 0 Å². The predicted molar refractivity (Wildman–Crippen MR) is 80.6 cm³/mol. The number of aliphatic hydroxyl groups excluding tert-OH is 1. The SMILES string of the molecule is CCC(CC)(CO)CN1C(=O)CC(c2ccccc2)C1=O. The van der Waals surface area contributed by atoms with Crippen molar-refractivity contribution < 1.29 is 14.7 Å². The first kappa shape index (κ1) is 15.7. The van der Waals surface area contributed by atoms with Crippen molar-refractivity contribution in [3.8, 4) is 0 Å². The summed E-state index contributed by atoms with van der Waals surface area (Å²) in [6.45, 7) is 4.28. The number of rotatable bonds is 6. The van der Waals surface area contributed by atoms with Crippen molar-refractivity contribution >= 4 is 11.8 Å². The Bertz CT molecular complexity index is 500. The van der Waals surface area contributed by atoms with E-state index in [1.165, 1.54) is 4.90 Å². The summed E-state index contributed by atoms with van der Waals surface area (Å²) < 4.78 is 0. The highest BCUT2D eigenvalue weighted by molar-refractivity contribution is 6.06. The molecule has 0 aliphatic carbocycles. The molecule has 0 spiro atoms. The number of imide groups is 1. The quantitative estimate of drug-likeness (QED) is 0.818. The van der Waals surface area contributed by atoms with Gasteiger partial charge >= 0.3 is 0 Å². The molecule has 1 unspecified atom stereocenters. The molecule has 2 rings (SSSR count). The smallest absolute Gasteiger partial charge is 0.237 e. The van der Waals surface area contributed by atoms with Crippen LogP contribution >= 0.6 is 0 Å². The lowest BCUT2D eigenvalue weighted by molar-refractivity contribution is -0.141. The third kappa shape index (κ3) is 3.00. The van der Waals surface area contributed by atoms with Crippen molar-refractivity contribution in [2.45, 2.75) is 39.0 Å². The van der Waals surface area contributed by atoms with Crippen molar-refractivity contribution in [1.82, 2.24) is 4.90 Å². The zero-order chi connectivity index (χ0) is 15.5. The Morgan fingerprint density at radius 1 is 1.19 bits per heavy atom. The Hall–Kier alpha value is -1.68. The fraction of sp³-hybridized carbons (Fsp3) is 0.529. The number of carbonyl (C=O) groups is 2. The molecule has 1 aromatic carbocycles. The maximum absolute atomic E-state index is 12.6. The maximum atomic E-state index is 12.6. The lowest BCUT2D eigenvalue weighted by atomic mass is 9.82. The first-order valence-corrected chi connectivity index (χ1v) is 7.57. The second kappa shape index (κ2) is 6.39. The average molecular weight is 289 g/mol. The monoisotopic (exact) mass is 289 g/mol. The number of amides is 2. The molecule has 4 heteroatoms. The molecular weight excluding hydrogens is 266 g/mol. The molecule has 0 aromatic heterocycles. The van der Waals surface area contributed by atoms with Crippen LogP contribution in [-0.4, -0.2) is 35.0 Å². The van der Waals surface area contributed by atoms with Crippen LogP contribution in [0.25, 0.3) is 0 Å². The summed E-state index contributed by atoms with van der Waals surface area (Å²) in [7, 11) is 0. The van der Waals surface area contributed by atoms with Gasteiger partial charge in [0.1, 0.15) is 0 Å². The second-order valence-electron chi connectivity index (χ2n) is 5.85. The number of aliphatic hydroxyl groups is 1. The topological polar surface area (TPSA) is 57.6 Å². The summed E-state index contributed by atoms with van der Waals surface area (Å²) in [6.07, 6.45) is 1.72. The summed E-state index contributed by atoms with van der Waals surface area (Å²) in [5, 5.41) is 9.64. The Balaban J connectivity index is 2.19. The van der Waals surface area contributed by atoms with Gasteiger partial charge in [-0.2, -0.15) is 0 Å². The third-order valence-corrected chi connectivity index (χ3v) is 4.77. The van der Waals surface area contributed by atoms with E-state index in [-0.39, 0.29) is 36.2 Å².